The SMILES string of the molecule is COc1ccc(CC(C(=O)OC2CCC3CN(C)CC2N3C)c2ccccc2)cc1. The first kappa shape index (κ1) is 20.9. The highest BCUT2D eigenvalue weighted by molar-refractivity contribution is 5.79. The highest BCUT2D eigenvalue weighted by Gasteiger charge is 2.42. The van der Waals surface area contributed by atoms with E-state index < -0.39 is 0 Å². The molecule has 0 aliphatic carbocycles. The molecular weight excluding hydrogens is 376 g/mol. The van der Waals surface area contributed by atoms with Gasteiger partial charge in [-0.2, -0.15) is 0 Å². The topological polar surface area (TPSA) is 42.0 Å². The zero-order valence-electron chi connectivity index (χ0n) is 18.2. The number of rotatable bonds is 6. The summed E-state index contributed by atoms with van der Waals surface area (Å²) in [6.07, 6.45) is 2.58. The summed E-state index contributed by atoms with van der Waals surface area (Å²) in [5, 5.41) is 0. The standard InChI is InChI=1S/C25H32N2O3/c1-26-16-20-11-14-24(23(17-26)27(20)2)30-25(28)22(19-7-5-4-6-8-19)15-18-9-12-21(29-3)13-10-18/h4-10,12-13,20,22-24H,11,14-17H2,1-3H3. The predicted octanol–water partition coefficient (Wildman–Crippen LogP) is 3.34. The van der Waals surface area contributed by atoms with E-state index in [9.17, 15) is 4.79 Å². The summed E-state index contributed by atoms with van der Waals surface area (Å²) in [4.78, 5) is 18.2. The van der Waals surface area contributed by atoms with Gasteiger partial charge in [-0.05, 0) is 56.6 Å². The zero-order valence-corrected chi connectivity index (χ0v) is 18.2. The van der Waals surface area contributed by atoms with E-state index in [0.29, 0.717) is 12.5 Å². The lowest BCUT2D eigenvalue weighted by Gasteiger charge is -2.50. The van der Waals surface area contributed by atoms with E-state index >= 15 is 0 Å². The fourth-order valence-electron chi connectivity index (χ4n) is 4.89. The summed E-state index contributed by atoms with van der Waals surface area (Å²) in [5.74, 6) is 0.379. The van der Waals surface area contributed by atoms with Gasteiger partial charge in [0.1, 0.15) is 11.9 Å². The predicted molar refractivity (Wildman–Crippen MR) is 118 cm³/mol. The number of methoxy groups -OCH3 is 1. The van der Waals surface area contributed by atoms with Gasteiger partial charge >= 0.3 is 5.97 Å². The second-order valence-corrected chi connectivity index (χ2v) is 8.68. The smallest absolute Gasteiger partial charge is 0.314 e. The molecule has 0 spiro atoms. The number of likely N-dealkylation sites (N-methyl/N-ethyl adjacent to an activating group) is 2. The molecule has 2 aromatic rings. The normalized spacial score (nSPS) is 25.5. The lowest BCUT2D eigenvalue weighted by atomic mass is 9.89. The van der Waals surface area contributed by atoms with Crippen LogP contribution in [0, 0.1) is 0 Å². The Morgan fingerprint density at radius 3 is 2.47 bits per heavy atom. The average Bonchev–Trinajstić information content (AvgIpc) is 2.76. The Balaban J connectivity index is 1.52. The molecule has 0 N–H and O–H groups in total. The Morgan fingerprint density at radius 2 is 1.77 bits per heavy atom. The van der Waals surface area contributed by atoms with Crippen molar-refractivity contribution in [1.29, 1.82) is 0 Å². The lowest BCUT2D eigenvalue weighted by molar-refractivity contribution is -0.161. The molecule has 5 nitrogen and oxygen atoms in total. The van der Waals surface area contributed by atoms with Gasteiger partial charge in [-0.3, -0.25) is 9.69 Å². The van der Waals surface area contributed by atoms with Crippen molar-refractivity contribution in [2.75, 3.05) is 34.3 Å². The Kier molecular flexibility index (Phi) is 6.40. The molecule has 2 aliphatic heterocycles. The number of benzene rings is 2. The number of nitrogens with zero attached hydrogens (tertiary/aromatic N) is 2. The largest absolute Gasteiger partial charge is 0.497 e. The number of carbonyl (C=O) groups excluding carboxylic acids is 1. The second kappa shape index (κ2) is 9.19. The number of piperazine rings is 1. The highest BCUT2D eigenvalue weighted by Crippen LogP contribution is 2.31. The summed E-state index contributed by atoms with van der Waals surface area (Å²) >= 11 is 0. The third-order valence-electron chi connectivity index (χ3n) is 6.69. The Bertz CT molecular complexity index is 839. The molecule has 0 amide bonds. The summed E-state index contributed by atoms with van der Waals surface area (Å²) in [6.45, 7) is 2.04. The van der Waals surface area contributed by atoms with E-state index in [1.54, 1.807) is 7.11 Å². The Hall–Kier alpha value is -2.37. The van der Waals surface area contributed by atoms with Gasteiger partial charge in [0, 0.05) is 19.1 Å². The zero-order chi connectivity index (χ0) is 21.1. The average molecular weight is 409 g/mol. The number of hydrogen-bond acceptors (Lipinski definition) is 5. The molecule has 4 unspecified atom stereocenters. The molecule has 0 aromatic heterocycles. The molecule has 2 fully saturated rings. The molecule has 4 atom stereocenters. The molecule has 2 aliphatic rings. The van der Waals surface area contributed by atoms with Crippen LogP contribution in [0.2, 0.25) is 0 Å². The van der Waals surface area contributed by atoms with Crippen molar-refractivity contribution in [2.24, 2.45) is 0 Å². The first-order chi connectivity index (χ1) is 14.5. The molecule has 2 bridgehead atoms. The van der Waals surface area contributed by atoms with E-state index in [4.69, 9.17) is 9.47 Å². The van der Waals surface area contributed by atoms with E-state index in [1.165, 1.54) is 0 Å². The van der Waals surface area contributed by atoms with Crippen molar-refractivity contribution in [3.8, 4) is 5.75 Å². The van der Waals surface area contributed by atoms with Gasteiger partial charge in [0.05, 0.1) is 19.1 Å². The fourth-order valence-corrected chi connectivity index (χ4v) is 4.89. The minimum Gasteiger partial charge on any atom is -0.497 e. The van der Waals surface area contributed by atoms with Crippen LogP contribution in [-0.2, 0) is 16.0 Å². The van der Waals surface area contributed by atoms with Crippen LogP contribution >= 0.6 is 0 Å². The number of fused-ring (bicyclic) bond motifs is 2. The van der Waals surface area contributed by atoms with Crippen molar-refractivity contribution < 1.29 is 14.3 Å². The van der Waals surface area contributed by atoms with Crippen LogP contribution in [0.25, 0.3) is 0 Å². The molecule has 4 rings (SSSR count). The van der Waals surface area contributed by atoms with E-state index in [1.807, 2.05) is 54.6 Å². The van der Waals surface area contributed by atoms with Gasteiger partial charge in [-0.25, -0.2) is 0 Å². The van der Waals surface area contributed by atoms with Crippen molar-refractivity contribution >= 4 is 5.97 Å². The summed E-state index contributed by atoms with van der Waals surface area (Å²) in [5.41, 5.74) is 2.10. The summed E-state index contributed by atoms with van der Waals surface area (Å²) < 4.78 is 11.5. The van der Waals surface area contributed by atoms with Crippen LogP contribution in [0.5, 0.6) is 5.75 Å². The van der Waals surface area contributed by atoms with Crippen LogP contribution in [-0.4, -0.2) is 68.3 Å². The molecular formula is C25H32N2O3. The molecule has 5 heteroatoms. The first-order valence-corrected chi connectivity index (χ1v) is 10.8. The van der Waals surface area contributed by atoms with E-state index in [2.05, 4.69) is 23.9 Å². The molecule has 2 saturated heterocycles. The third kappa shape index (κ3) is 4.52. The quantitative estimate of drug-likeness (QED) is 0.686. The van der Waals surface area contributed by atoms with Crippen LogP contribution in [0.15, 0.2) is 54.6 Å². The van der Waals surface area contributed by atoms with Crippen molar-refractivity contribution in [2.45, 2.75) is 43.4 Å². The van der Waals surface area contributed by atoms with Crippen LogP contribution in [0.1, 0.15) is 29.9 Å². The molecule has 2 aromatic carbocycles. The number of carbonyl (C=O) groups is 1. The van der Waals surface area contributed by atoms with E-state index in [-0.39, 0.29) is 24.0 Å². The number of hydrogen-bond donors (Lipinski definition) is 0. The molecule has 0 saturated carbocycles. The van der Waals surface area contributed by atoms with Gasteiger partial charge < -0.3 is 14.4 Å². The van der Waals surface area contributed by atoms with Gasteiger partial charge in [0.25, 0.3) is 0 Å². The van der Waals surface area contributed by atoms with Crippen LogP contribution < -0.4 is 4.74 Å². The Labute approximate surface area is 179 Å². The molecule has 30 heavy (non-hydrogen) atoms. The number of esters is 1. The fraction of sp³-hybridized carbons (Fsp3) is 0.480. The maximum atomic E-state index is 13.4. The van der Waals surface area contributed by atoms with Crippen molar-refractivity contribution in [3.63, 3.8) is 0 Å². The van der Waals surface area contributed by atoms with Gasteiger partial charge in [0.15, 0.2) is 0 Å². The number of likely N-dealkylation sites (tertiary alicyclic amines) is 1. The van der Waals surface area contributed by atoms with Crippen LogP contribution in [0.3, 0.4) is 0 Å². The Morgan fingerprint density at radius 1 is 1.03 bits per heavy atom. The minimum atomic E-state index is -0.316. The maximum absolute atomic E-state index is 13.4. The summed E-state index contributed by atoms with van der Waals surface area (Å²) in [7, 11) is 6.00. The highest BCUT2D eigenvalue weighted by atomic mass is 16.5. The number of ether oxygens (including phenoxy) is 2. The molecule has 0 radical (unpaired) electrons. The van der Waals surface area contributed by atoms with Gasteiger partial charge in [-0.1, -0.05) is 42.5 Å². The first-order valence-electron chi connectivity index (χ1n) is 10.8. The van der Waals surface area contributed by atoms with Crippen molar-refractivity contribution in [3.05, 3.63) is 65.7 Å². The second-order valence-electron chi connectivity index (χ2n) is 8.68. The lowest BCUT2D eigenvalue weighted by Crippen LogP contribution is -2.63. The molecule has 160 valence electrons. The van der Waals surface area contributed by atoms with Gasteiger partial charge in [0.2, 0.25) is 0 Å². The molecule has 2 heterocycles. The minimum absolute atomic E-state index is 0.0522. The monoisotopic (exact) mass is 408 g/mol. The van der Waals surface area contributed by atoms with E-state index in [0.717, 1.165) is 42.8 Å². The number of piperidine rings is 1. The summed E-state index contributed by atoms with van der Waals surface area (Å²) in [6, 6.07) is 18.8. The maximum Gasteiger partial charge on any atom is 0.314 e. The van der Waals surface area contributed by atoms with Gasteiger partial charge in [-0.15, -0.1) is 0 Å². The van der Waals surface area contributed by atoms with Crippen LogP contribution in [0.4, 0.5) is 0 Å². The van der Waals surface area contributed by atoms with Crippen molar-refractivity contribution in [1.82, 2.24) is 9.80 Å². The third-order valence-corrected chi connectivity index (χ3v) is 6.69.